The Bertz CT molecular complexity index is 300. The minimum absolute atomic E-state index is 0.192. The number of piperidine rings is 1. The van der Waals surface area contributed by atoms with Gasteiger partial charge in [-0.1, -0.05) is 13.8 Å². The maximum absolute atomic E-state index is 11.7. The molecule has 1 aliphatic heterocycles. The molecule has 5 nitrogen and oxygen atoms in total. The number of amides is 1. The molecule has 1 atom stereocenters. The van der Waals surface area contributed by atoms with E-state index in [0.717, 1.165) is 39.1 Å². The van der Waals surface area contributed by atoms with E-state index in [9.17, 15) is 4.79 Å². The predicted molar refractivity (Wildman–Crippen MR) is 86.4 cm³/mol. The molecule has 1 heterocycles. The topological polar surface area (TPSA) is 44.8 Å². The molecule has 0 aromatic heterocycles. The van der Waals surface area contributed by atoms with Crippen molar-refractivity contribution in [1.82, 2.24) is 15.1 Å². The van der Waals surface area contributed by atoms with E-state index in [1.165, 1.54) is 0 Å². The summed E-state index contributed by atoms with van der Waals surface area (Å²) >= 11 is 0. The lowest BCUT2D eigenvalue weighted by Crippen LogP contribution is -2.50. The first kappa shape index (κ1) is 18.4. The number of hydrogen-bond acceptors (Lipinski definition) is 4. The van der Waals surface area contributed by atoms with Gasteiger partial charge in [0, 0.05) is 45.9 Å². The highest BCUT2D eigenvalue weighted by molar-refractivity contribution is 5.77. The second-order valence-electron chi connectivity index (χ2n) is 6.52. The van der Waals surface area contributed by atoms with Gasteiger partial charge in [0.25, 0.3) is 0 Å². The van der Waals surface area contributed by atoms with E-state index in [2.05, 4.69) is 24.1 Å². The van der Waals surface area contributed by atoms with E-state index >= 15 is 0 Å². The number of likely N-dealkylation sites (tertiary alicyclic amines) is 1. The average Bonchev–Trinajstić information content (AvgIpc) is 2.44. The Morgan fingerprint density at radius 1 is 1.33 bits per heavy atom. The van der Waals surface area contributed by atoms with Crippen molar-refractivity contribution in [2.24, 2.45) is 5.92 Å². The second-order valence-corrected chi connectivity index (χ2v) is 6.52. The molecule has 1 aliphatic rings. The Morgan fingerprint density at radius 2 is 1.95 bits per heavy atom. The lowest BCUT2D eigenvalue weighted by Gasteiger charge is -2.35. The van der Waals surface area contributed by atoms with Crippen LogP contribution in [0, 0.1) is 5.92 Å². The van der Waals surface area contributed by atoms with Crippen LogP contribution < -0.4 is 5.32 Å². The maximum Gasteiger partial charge on any atom is 0.236 e. The van der Waals surface area contributed by atoms with Gasteiger partial charge < -0.3 is 15.0 Å². The summed E-state index contributed by atoms with van der Waals surface area (Å²) in [4.78, 5) is 15.7. The minimum atomic E-state index is 0.192. The molecule has 0 aromatic rings. The van der Waals surface area contributed by atoms with Gasteiger partial charge in [0.05, 0.1) is 13.2 Å². The zero-order valence-electron chi connectivity index (χ0n) is 14.4. The number of carbonyl (C=O) groups excluding carboxylic acids is 1. The van der Waals surface area contributed by atoms with Crippen LogP contribution in [0.2, 0.25) is 0 Å². The van der Waals surface area contributed by atoms with Gasteiger partial charge in [-0.2, -0.15) is 0 Å². The van der Waals surface area contributed by atoms with E-state index in [0.29, 0.717) is 24.5 Å². The highest BCUT2D eigenvalue weighted by Gasteiger charge is 2.24. The van der Waals surface area contributed by atoms with Crippen LogP contribution in [0.25, 0.3) is 0 Å². The van der Waals surface area contributed by atoms with Crippen molar-refractivity contribution < 1.29 is 9.53 Å². The van der Waals surface area contributed by atoms with Crippen LogP contribution in [0.4, 0.5) is 0 Å². The first-order chi connectivity index (χ1) is 9.93. The SMILES string of the molecule is CCOCC(NC1CCN(CC(=O)N(C)C)CC1)C(C)C. The van der Waals surface area contributed by atoms with Crippen LogP contribution in [0.1, 0.15) is 33.6 Å². The van der Waals surface area contributed by atoms with Crippen LogP contribution in [-0.2, 0) is 9.53 Å². The number of ether oxygens (including phenoxy) is 1. The van der Waals surface area contributed by atoms with Crippen molar-refractivity contribution in [3.8, 4) is 0 Å². The summed E-state index contributed by atoms with van der Waals surface area (Å²) in [7, 11) is 3.63. The van der Waals surface area contributed by atoms with Crippen LogP contribution in [0.3, 0.4) is 0 Å². The van der Waals surface area contributed by atoms with Gasteiger partial charge in [-0.3, -0.25) is 9.69 Å². The van der Waals surface area contributed by atoms with Gasteiger partial charge in [0.1, 0.15) is 0 Å². The highest BCUT2D eigenvalue weighted by Crippen LogP contribution is 2.13. The molecule has 0 spiro atoms. The molecule has 1 rings (SSSR count). The summed E-state index contributed by atoms with van der Waals surface area (Å²) in [6.45, 7) is 10.6. The van der Waals surface area contributed by atoms with Crippen molar-refractivity contribution in [3.63, 3.8) is 0 Å². The third-order valence-electron chi connectivity index (χ3n) is 4.20. The molecular weight excluding hydrogens is 266 g/mol. The van der Waals surface area contributed by atoms with E-state index in [1.807, 2.05) is 21.0 Å². The van der Waals surface area contributed by atoms with Gasteiger partial charge in [-0.05, 0) is 25.7 Å². The van der Waals surface area contributed by atoms with Gasteiger partial charge >= 0.3 is 0 Å². The Kier molecular flexibility index (Phi) is 8.22. The van der Waals surface area contributed by atoms with Gasteiger partial charge in [-0.15, -0.1) is 0 Å². The molecular formula is C16H33N3O2. The Hall–Kier alpha value is -0.650. The number of hydrogen-bond donors (Lipinski definition) is 1. The van der Waals surface area contributed by atoms with E-state index in [4.69, 9.17) is 4.74 Å². The molecule has 1 N–H and O–H groups in total. The largest absolute Gasteiger partial charge is 0.380 e. The highest BCUT2D eigenvalue weighted by atomic mass is 16.5. The van der Waals surface area contributed by atoms with Crippen LogP contribution in [-0.4, -0.2) is 74.7 Å². The number of nitrogens with zero attached hydrogens (tertiary/aromatic N) is 2. The van der Waals surface area contributed by atoms with Crippen molar-refractivity contribution in [1.29, 1.82) is 0 Å². The summed E-state index contributed by atoms with van der Waals surface area (Å²) in [6.07, 6.45) is 2.21. The summed E-state index contributed by atoms with van der Waals surface area (Å²) in [5.74, 6) is 0.766. The van der Waals surface area contributed by atoms with Crippen molar-refractivity contribution >= 4 is 5.91 Å². The molecule has 0 saturated carbocycles. The van der Waals surface area contributed by atoms with Crippen LogP contribution in [0.15, 0.2) is 0 Å². The Balaban J connectivity index is 2.33. The Labute approximate surface area is 130 Å². The van der Waals surface area contributed by atoms with Crippen molar-refractivity contribution in [2.75, 3.05) is 46.9 Å². The second kappa shape index (κ2) is 9.38. The van der Waals surface area contributed by atoms with Crippen molar-refractivity contribution in [3.05, 3.63) is 0 Å². The monoisotopic (exact) mass is 299 g/mol. The molecule has 0 bridgehead atoms. The zero-order valence-corrected chi connectivity index (χ0v) is 14.4. The summed E-state index contributed by atoms with van der Waals surface area (Å²) in [5.41, 5.74) is 0. The molecule has 1 amide bonds. The minimum Gasteiger partial charge on any atom is -0.380 e. The lowest BCUT2D eigenvalue weighted by molar-refractivity contribution is -0.130. The Morgan fingerprint density at radius 3 is 2.43 bits per heavy atom. The average molecular weight is 299 g/mol. The van der Waals surface area contributed by atoms with E-state index < -0.39 is 0 Å². The molecule has 1 unspecified atom stereocenters. The van der Waals surface area contributed by atoms with E-state index in [1.54, 1.807) is 4.90 Å². The van der Waals surface area contributed by atoms with Crippen LogP contribution in [0.5, 0.6) is 0 Å². The fourth-order valence-electron chi connectivity index (χ4n) is 2.57. The smallest absolute Gasteiger partial charge is 0.236 e. The quantitative estimate of drug-likeness (QED) is 0.731. The normalized spacial score (nSPS) is 19.0. The predicted octanol–water partition coefficient (Wildman–Crippen LogP) is 1.19. The maximum atomic E-state index is 11.7. The first-order valence-electron chi connectivity index (χ1n) is 8.20. The molecule has 1 fully saturated rings. The third-order valence-corrected chi connectivity index (χ3v) is 4.20. The van der Waals surface area contributed by atoms with Gasteiger partial charge in [0.2, 0.25) is 5.91 Å². The molecule has 0 aromatic carbocycles. The number of likely N-dealkylation sites (N-methyl/N-ethyl adjacent to an activating group) is 1. The number of nitrogens with one attached hydrogen (secondary N) is 1. The number of rotatable bonds is 8. The zero-order chi connectivity index (χ0) is 15.8. The molecule has 0 aliphatic carbocycles. The standard InChI is InChI=1S/C16H33N3O2/c1-6-21-12-15(13(2)3)17-14-7-9-19(10-8-14)11-16(20)18(4)5/h13-15,17H,6-12H2,1-5H3. The van der Waals surface area contributed by atoms with E-state index in [-0.39, 0.29) is 5.91 Å². The fraction of sp³-hybridized carbons (Fsp3) is 0.938. The summed E-state index contributed by atoms with van der Waals surface area (Å²) in [5, 5.41) is 3.74. The van der Waals surface area contributed by atoms with Gasteiger partial charge in [0.15, 0.2) is 0 Å². The van der Waals surface area contributed by atoms with Crippen LogP contribution >= 0.6 is 0 Å². The third kappa shape index (κ3) is 6.76. The lowest BCUT2D eigenvalue weighted by atomic mass is 9.99. The molecule has 0 radical (unpaired) electrons. The summed E-state index contributed by atoms with van der Waals surface area (Å²) < 4.78 is 5.58. The van der Waals surface area contributed by atoms with Crippen molar-refractivity contribution in [2.45, 2.75) is 45.7 Å². The molecule has 21 heavy (non-hydrogen) atoms. The molecule has 1 saturated heterocycles. The fourth-order valence-corrected chi connectivity index (χ4v) is 2.57. The molecule has 124 valence electrons. The first-order valence-corrected chi connectivity index (χ1v) is 8.20. The summed E-state index contributed by atoms with van der Waals surface area (Å²) in [6, 6.07) is 0.966. The number of carbonyl (C=O) groups is 1. The van der Waals surface area contributed by atoms with Gasteiger partial charge in [-0.25, -0.2) is 0 Å². The molecule has 5 heteroatoms.